The predicted octanol–water partition coefficient (Wildman–Crippen LogP) is 5.01. The Labute approximate surface area is 270 Å². The fraction of sp³-hybridized carbons (Fsp3) is 0.281. The van der Waals surface area contributed by atoms with E-state index in [1.165, 1.54) is 42.1 Å². The number of hydrogen-bond acceptors (Lipinski definition) is 11. The summed E-state index contributed by atoms with van der Waals surface area (Å²) in [4.78, 5) is 38.8. The van der Waals surface area contributed by atoms with E-state index < -0.39 is 11.7 Å². The first-order chi connectivity index (χ1) is 21.6. The Morgan fingerprint density at radius 1 is 1.20 bits per heavy atom. The van der Waals surface area contributed by atoms with Crippen molar-refractivity contribution < 1.29 is 24.5 Å². The van der Waals surface area contributed by atoms with Gasteiger partial charge in [0.2, 0.25) is 0 Å². The van der Waals surface area contributed by atoms with Crippen molar-refractivity contribution in [2.45, 2.75) is 29.7 Å². The summed E-state index contributed by atoms with van der Waals surface area (Å²) in [6.45, 7) is 4.61. The molecule has 5 rings (SSSR count). The zero-order chi connectivity index (χ0) is 32.3. The lowest BCUT2D eigenvalue weighted by Crippen LogP contribution is -2.42. The summed E-state index contributed by atoms with van der Waals surface area (Å²) in [5.41, 5.74) is 6.41. The number of ether oxygens (including phenoxy) is 1. The number of likely N-dealkylation sites (N-methyl/N-ethyl adjacent to an activating group) is 1. The van der Waals surface area contributed by atoms with Crippen LogP contribution in [0.25, 0.3) is 5.57 Å². The molecule has 0 saturated carbocycles. The molecule has 3 heterocycles. The fourth-order valence-electron chi connectivity index (χ4n) is 5.14. The third-order valence-corrected chi connectivity index (χ3v) is 9.49. The number of nitrogens with zero attached hydrogens (tertiary/aromatic N) is 4. The van der Waals surface area contributed by atoms with Crippen molar-refractivity contribution in [2.75, 3.05) is 44.0 Å². The number of amides is 1. The second kappa shape index (κ2) is 13.3. The van der Waals surface area contributed by atoms with Crippen molar-refractivity contribution in [1.82, 2.24) is 14.9 Å². The van der Waals surface area contributed by atoms with Crippen LogP contribution in [0.4, 0.5) is 11.5 Å². The first-order valence-corrected chi connectivity index (χ1v) is 15.3. The summed E-state index contributed by atoms with van der Waals surface area (Å²) in [6, 6.07) is 9.50. The molecule has 1 amide bonds. The maximum absolute atomic E-state index is 13.6. The minimum Gasteiger partial charge on any atom is -0.508 e. The largest absolute Gasteiger partial charge is 0.508 e. The molecule has 2 aliphatic heterocycles. The summed E-state index contributed by atoms with van der Waals surface area (Å²) in [5.74, 6) is 1.51. The maximum Gasteiger partial charge on any atom is 0.262 e. The minimum absolute atomic E-state index is 0.106. The van der Waals surface area contributed by atoms with Crippen molar-refractivity contribution in [3.8, 4) is 11.5 Å². The number of phenols is 1. The number of aromatic nitrogens is 2. The first kappa shape index (κ1) is 31.9. The average Bonchev–Trinajstić information content (AvgIpc) is 3.04. The predicted molar refractivity (Wildman–Crippen MR) is 174 cm³/mol. The number of hydrogen-bond donors (Lipinski definition) is 4. The Kier molecular flexibility index (Phi) is 9.40. The molecule has 0 bridgehead atoms. The van der Waals surface area contributed by atoms with Gasteiger partial charge in [-0.25, -0.2) is 14.8 Å². The molecule has 0 unspecified atom stereocenters. The maximum atomic E-state index is 13.6. The van der Waals surface area contributed by atoms with Crippen LogP contribution in [0.5, 0.6) is 11.5 Å². The Bertz CT molecular complexity index is 1730. The van der Waals surface area contributed by atoms with Crippen LogP contribution in [0.15, 0.2) is 81.9 Å². The number of rotatable bonds is 8. The van der Waals surface area contributed by atoms with Gasteiger partial charge in [0, 0.05) is 42.9 Å². The highest BCUT2D eigenvalue weighted by Gasteiger charge is 2.32. The van der Waals surface area contributed by atoms with Crippen LogP contribution in [0, 0.1) is 5.41 Å². The molecule has 2 aliphatic rings. The molecule has 1 saturated heterocycles. The number of nitrogens with one attached hydrogen (secondary N) is 1. The van der Waals surface area contributed by atoms with E-state index in [4.69, 9.17) is 22.1 Å². The monoisotopic (exact) mass is 648 g/mol. The van der Waals surface area contributed by atoms with Crippen LogP contribution >= 0.6 is 23.4 Å². The number of aromatic hydroxyl groups is 1. The van der Waals surface area contributed by atoms with Gasteiger partial charge < -0.3 is 35.8 Å². The average molecular weight is 649 g/mol. The molecule has 1 fully saturated rings. The molecule has 0 spiro atoms. The number of carbonyl (C=O) groups excluding carboxylic acids is 2. The Balaban J connectivity index is 1.35. The molecule has 45 heavy (non-hydrogen) atoms. The molecule has 0 aliphatic carbocycles. The smallest absolute Gasteiger partial charge is 0.262 e. The highest BCUT2D eigenvalue weighted by atomic mass is 35.5. The number of halogens is 1. The van der Waals surface area contributed by atoms with Crippen LogP contribution in [0.1, 0.15) is 25.3 Å². The molecule has 3 aromatic rings. The van der Waals surface area contributed by atoms with Crippen LogP contribution in [0.3, 0.4) is 0 Å². The van der Waals surface area contributed by atoms with Crippen molar-refractivity contribution >= 4 is 52.3 Å². The molecule has 0 atom stereocenters. The van der Waals surface area contributed by atoms with Gasteiger partial charge in [0.05, 0.1) is 30.2 Å². The number of anilines is 2. The lowest BCUT2D eigenvalue weighted by Gasteiger charge is -2.39. The highest BCUT2D eigenvalue weighted by molar-refractivity contribution is 7.99. The quantitative estimate of drug-likeness (QED) is 0.244. The van der Waals surface area contributed by atoms with E-state index in [1.807, 2.05) is 0 Å². The second-order valence-electron chi connectivity index (χ2n) is 11.1. The second-order valence-corrected chi connectivity index (χ2v) is 12.6. The van der Waals surface area contributed by atoms with Gasteiger partial charge in [-0.1, -0.05) is 36.4 Å². The molecule has 0 radical (unpaired) electrons. The topological polar surface area (TPSA) is 154 Å². The number of methoxy groups -OCH3 is 1. The standard InChI is InChI=1S/C32H33ClN6O5S/c1-32(18-34)7-9-39(10-8-32)26-14-36-27(15-35-26)45-25-6-4-5-23(29(25)33)37-31(43)28-24(17-40)38(2)16-22(30(28)42)19-11-20(41)13-21(12-19)44-3/h4-6,11-16,41-42H,7-10,18,34H2,1-3H3,(H,37,43). The Morgan fingerprint density at radius 3 is 2.60 bits per heavy atom. The van der Waals surface area contributed by atoms with E-state index in [1.54, 1.807) is 49.6 Å². The van der Waals surface area contributed by atoms with Gasteiger partial charge in [0.15, 0.2) is 5.94 Å². The number of carbonyl (C=O) groups is 1. The van der Waals surface area contributed by atoms with Crippen molar-refractivity contribution in [2.24, 2.45) is 11.1 Å². The van der Waals surface area contributed by atoms with Crippen molar-refractivity contribution in [3.05, 3.63) is 82.6 Å². The number of allylic oxidation sites excluding steroid dienone is 1. The van der Waals surface area contributed by atoms with Crippen LogP contribution < -0.4 is 20.7 Å². The normalized spacial score (nSPS) is 16.3. The van der Waals surface area contributed by atoms with Gasteiger partial charge in [-0.15, -0.1) is 0 Å². The van der Waals surface area contributed by atoms with Gasteiger partial charge in [-0.05, 0) is 54.6 Å². The molecule has 5 N–H and O–H groups in total. The molecule has 2 aromatic carbocycles. The van der Waals surface area contributed by atoms with Gasteiger partial charge in [0.25, 0.3) is 5.91 Å². The number of aliphatic hydroxyl groups is 1. The number of benzene rings is 2. The zero-order valence-corrected chi connectivity index (χ0v) is 26.6. The molecule has 13 heteroatoms. The highest BCUT2D eigenvalue weighted by Crippen LogP contribution is 2.39. The van der Waals surface area contributed by atoms with Gasteiger partial charge >= 0.3 is 0 Å². The molecular formula is C32H33ClN6O5S. The zero-order valence-electron chi connectivity index (χ0n) is 25.0. The third kappa shape index (κ3) is 6.79. The van der Waals surface area contributed by atoms with E-state index in [-0.39, 0.29) is 38.7 Å². The van der Waals surface area contributed by atoms with E-state index in [0.29, 0.717) is 27.8 Å². The van der Waals surface area contributed by atoms with Crippen LogP contribution in [0.2, 0.25) is 5.02 Å². The summed E-state index contributed by atoms with van der Waals surface area (Å²) in [6.07, 6.45) is 6.87. The summed E-state index contributed by atoms with van der Waals surface area (Å²) >= 11 is 8.00. The lowest BCUT2D eigenvalue weighted by atomic mass is 9.80. The van der Waals surface area contributed by atoms with Gasteiger partial charge in [0.1, 0.15) is 39.4 Å². The summed E-state index contributed by atoms with van der Waals surface area (Å²) in [5, 5.41) is 24.9. The van der Waals surface area contributed by atoms with Crippen LogP contribution in [-0.2, 0) is 9.59 Å². The Morgan fingerprint density at radius 2 is 1.96 bits per heavy atom. The molecule has 234 valence electrons. The van der Waals surface area contributed by atoms with E-state index in [0.717, 1.165) is 31.7 Å². The Hall–Kier alpha value is -4.48. The van der Waals surface area contributed by atoms with Gasteiger partial charge in [-0.3, -0.25) is 4.79 Å². The summed E-state index contributed by atoms with van der Waals surface area (Å²) in [7, 11) is 2.98. The SMILES string of the molecule is COc1cc(O)cc(C2=CN(C)C(=C=O)C(C(=O)Nc3cccc(Sc4cnc(N5CCC(C)(CN)CC5)cn4)c3Cl)=C2O)c1. The van der Waals surface area contributed by atoms with E-state index >= 15 is 0 Å². The number of piperidine rings is 1. The fourth-order valence-corrected chi connectivity index (χ4v) is 6.21. The van der Waals surface area contributed by atoms with Crippen LogP contribution in [-0.4, -0.2) is 70.7 Å². The third-order valence-electron chi connectivity index (χ3n) is 7.99. The minimum atomic E-state index is -0.782. The van der Waals surface area contributed by atoms with E-state index in [2.05, 4.69) is 27.1 Å². The molecule has 11 nitrogen and oxygen atoms in total. The van der Waals surface area contributed by atoms with Crippen molar-refractivity contribution in [1.29, 1.82) is 0 Å². The number of nitrogens with two attached hydrogens (primary N) is 1. The number of phenolic OH excluding ortho intramolecular Hbond substituents is 1. The molecule has 1 aromatic heterocycles. The molecular weight excluding hydrogens is 616 g/mol. The van der Waals surface area contributed by atoms with Crippen molar-refractivity contribution in [3.63, 3.8) is 0 Å². The number of aliphatic hydroxyl groups excluding tert-OH is 1. The van der Waals surface area contributed by atoms with Gasteiger partial charge in [-0.2, -0.15) is 0 Å². The van der Waals surface area contributed by atoms with E-state index in [9.17, 15) is 19.8 Å². The summed E-state index contributed by atoms with van der Waals surface area (Å²) < 4.78 is 5.22. The first-order valence-electron chi connectivity index (χ1n) is 14.1. The lowest BCUT2D eigenvalue weighted by molar-refractivity contribution is -0.112.